The van der Waals surface area contributed by atoms with Gasteiger partial charge in [0.05, 0.1) is 0 Å². The van der Waals surface area contributed by atoms with Crippen molar-refractivity contribution in [2.75, 3.05) is 6.61 Å². The Labute approximate surface area is 113 Å². The molecule has 1 aromatic carbocycles. The van der Waals surface area contributed by atoms with Crippen LogP contribution in [0.3, 0.4) is 0 Å². The summed E-state index contributed by atoms with van der Waals surface area (Å²) in [7, 11) is 0. The van der Waals surface area contributed by atoms with Crippen molar-refractivity contribution in [1.82, 2.24) is 9.97 Å². The van der Waals surface area contributed by atoms with Crippen LogP contribution < -0.4 is 9.47 Å². The fourth-order valence-electron chi connectivity index (χ4n) is 1.70. The maximum atomic E-state index is 5.84. The molecule has 1 aromatic heterocycles. The Morgan fingerprint density at radius 2 is 1.72 bits per heavy atom. The second kappa shape index (κ2) is 4.63. The molecule has 0 amide bonds. The number of halogens is 2. The highest BCUT2D eigenvalue weighted by Crippen LogP contribution is 2.35. The average molecular weight is 283 g/mol. The number of hydrogen-bond acceptors (Lipinski definition) is 4. The molecule has 1 unspecified atom stereocenters. The Hall–Kier alpha value is -1.52. The Bertz CT molecular complexity index is 572. The van der Waals surface area contributed by atoms with Crippen molar-refractivity contribution in [3.05, 3.63) is 46.5 Å². The molecule has 4 nitrogen and oxygen atoms in total. The largest absolute Gasteiger partial charge is 0.485 e. The van der Waals surface area contributed by atoms with Crippen LogP contribution in [0.2, 0.25) is 10.3 Å². The van der Waals surface area contributed by atoms with Crippen LogP contribution in [0, 0.1) is 0 Å². The van der Waals surface area contributed by atoms with E-state index in [2.05, 4.69) is 9.97 Å². The fourth-order valence-corrected chi connectivity index (χ4v) is 2.13. The molecule has 1 aliphatic rings. The first-order chi connectivity index (χ1) is 8.72. The number of benzene rings is 1. The van der Waals surface area contributed by atoms with E-state index in [0.29, 0.717) is 23.9 Å². The normalized spacial score (nSPS) is 17.6. The van der Waals surface area contributed by atoms with Gasteiger partial charge in [0.25, 0.3) is 0 Å². The Kier molecular flexibility index (Phi) is 2.97. The standard InChI is InChI=1S/C12H8Cl2N2O2/c13-10-5-11(14)16-12(15-10)9-6-17-7-3-1-2-4-8(7)18-9/h1-5,9H,6H2. The van der Waals surface area contributed by atoms with Gasteiger partial charge in [0.15, 0.2) is 23.4 Å². The minimum Gasteiger partial charge on any atom is -0.485 e. The molecule has 1 aliphatic heterocycles. The van der Waals surface area contributed by atoms with Crippen LogP contribution in [0.15, 0.2) is 30.3 Å². The molecule has 0 radical (unpaired) electrons. The van der Waals surface area contributed by atoms with Crippen molar-refractivity contribution in [3.8, 4) is 11.5 Å². The first-order valence-electron chi connectivity index (χ1n) is 5.31. The molecule has 1 atom stereocenters. The highest BCUT2D eigenvalue weighted by molar-refractivity contribution is 6.33. The lowest BCUT2D eigenvalue weighted by atomic mass is 10.2. The summed E-state index contributed by atoms with van der Waals surface area (Å²) in [6.07, 6.45) is -0.406. The molecular weight excluding hydrogens is 275 g/mol. The summed E-state index contributed by atoms with van der Waals surface area (Å²) < 4.78 is 11.3. The number of ether oxygens (including phenoxy) is 2. The topological polar surface area (TPSA) is 44.2 Å². The van der Waals surface area contributed by atoms with Gasteiger partial charge in [0.1, 0.15) is 16.9 Å². The van der Waals surface area contributed by atoms with Crippen LogP contribution in [0.25, 0.3) is 0 Å². The van der Waals surface area contributed by atoms with Gasteiger partial charge in [0, 0.05) is 6.07 Å². The van der Waals surface area contributed by atoms with E-state index < -0.39 is 6.10 Å². The van der Waals surface area contributed by atoms with Crippen LogP contribution in [-0.4, -0.2) is 16.6 Å². The summed E-state index contributed by atoms with van der Waals surface area (Å²) in [5.74, 6) is 1.79. The van der Waals surface area contributed by atoms with Crippen LogP contribution in [0.1, 0.15) is 11.9 Å². The molecule has 0 saturated carbocycles. The molecule has 2 aromatic rings. The third-order valence-corrected chi connectivity index (χ3v) is 2.86. The highest BCUT2D eigenvalue weighted by atomic mass is 35.5. The zero-order chi connectivity index (χ0) is 12.5. The van der Waals surface area contributed by atoms with Crippen molar-refractivity contribution >= 4 is 23.2 Å². The van der Waals surface area contributed by atoms with E-state index in [-0.39, 0.29) is 10.3 Å². The minimum absolute atomic E-state index is 0.285. The SMILES string of the molecule is Clc1cc(Cl)nc(C2COc3ccccc3O2)n1. The zero-order valence-corrected chi connectivity index (χ0v) is 10.6. The van der Waals surface area contributed by atoms with Gasteiger partial charge in [-0.1, -0.05) is 35.3 Å². The molecule has 0 aliphatic carbocycles. The molecule has 0 fully saturated rings. The lowest BCUT2D eigenvalue weighted by Crippen LogP contribution is -2.23. The van der Waals surface area contributed by atoms with Crippen molar-refractivity contribution < 1.29 is 9.47 Å². The quantitative estimate of drug-likeness (QED) is 0.753. The molecule has 18 heavy (non-hydrogen) atoms. The number of fused-ring (bicyclic) bond motifs is 1. The molecule has 0 spiro atoms. The molecule has 0 saturated heterocycles. The van der Waals surface area contributed by atoms with Crippen molar-refractivity contribution in [2.45, 2.75) is 6.10 Å². The predicted molar refractivity (Wildman–Crippen MR) is 67.4 cm³/mol. The predicted octanol–water partition coefficient (Wildman–Crippen LogP) is 3.30. The lowest BCUT2D eigenvalue weighted by molar-refractivity contribution is 0.0851. The molecule has 6 heteroatoms. The summed E-state index contributed by atoms with van der Waals surface area (Å²) in [6, 6.07) is 8.90. The minimum atomic E-state index is -0.406. The fraction of sp³-hybridized carbons (Fsp3) is 0.167. The summed E-state index contributed by atoms with van der Waals surface area (Å²) in [5, 5.41) is 0.569. The smallest absolute Gasteiger partial charge is 0.192 e. The molecule has 0 N–H and O–H groups in total. The van der Waals surface area contributed by atoms with Gasteiger partial charge < -0.3 is 9.47 Å². The summed E-state index contributed by atoms with van der Waals surface area (Å²) in [5.41, 5.74) is 0. The summed E-state index contributed by atoms with van der Waals surface area (Å²) in [4.78, 5) is 8.19. The number of aromatic nitrogens is 2. The lowest BCUT2D eigenvalue weighted by Gasteiger charge is -2.25. The molecule has 92 valence electrons. The Morgan fingerprint density at radius 3 is 2.44 bits per heavy atom. The van der Waals surface area contributed by atoms with Crippen LogP contribution in [0.5, 0.6) is 11.5 Å². The van der Waals surface area contributed by atoms with Crippen LogP contribution in [-0.2, 0) is 0 Å². The van der Waals surface area contributed by atoms with Crippen molar-refractivity contribution in [1.29, 1.82) is 0 Å². The second-order valence-electron chi connectivity index (χ2n) is 3.74. The van der Waals surface area contributed by atoms with Crippen molar-refractivity contribution in [3.63, 3.8) is 0 Å². The van der Waals surface area contributed by atoms with Gasteiger partial charge in [-0.15, -0.1) is 0 Å². The number of para-hydroxylation sites is 2. The third-order valence-electron chi connectivity index (χ3n) is 2.48. The molecule has 2 heterocycles. The number of rotatable bonds is 1. The molecule has 3 rings (SSSR count). The third kappa shape index (κ3) is 2.21. The maximum Gasteiger partial charge on any atom is 0.192 e. The monoisotopic (exact) mass is 282 g/mol. The first kappa shape index (κ1) is 11.6. The average Bonchev–Trinajstić information content (AvgIpc) is 2.37. The van der Waals surface area contributed by atoms with Crippen molar-refractivity contribution in [2.24, 2.45) is 0 Å². The van der Waals surface area contributed by atoms with Gasteiger partial charge in [0.2, 0.25) is 0 Å². The summed E-state index contributed by atoms with van der Waals surface area (Å²) >= 11 is 11.7. The van der Waals surface area contributed by atoms with E-state index >= 15 is 0 Å². The van der Waals surface area contributed by atoms with E-state index in [1.807, 2.05) is 24.3 Å². The van der Waals surface area contributed by atoms with E-state index in [9.17, 15) is 0 Å². The van der Waals surface area contributed by atoms with Crippen LogP contribution >= 0.6 is 23.2 Å². The highest BCUT2D eigenvalue weighted by Gasteiger charge is 2.25. The van der Waals surface area contributed by atoms with E-state index in [4.69, 9.17) is 32.7 Å². The Morgan fingerprint density at radius 1 is 1.06 bits per heavy atom. The Balaban J connectivity index is 1.91. The van der Waals surface area contributed by atoms with E-state index in [1.54, 1.807) is 0 Å². The van der Waals surface area contributed by atoms with Gasteiger partial charge >= 0.3 is 0 Å². The van der Waals surface area contributed by atoms with Gasteiger partial charge in [-0.05, 0) is 12.1 Å². The molecule has 0 bridgehead atoms. The van der Waals surface area contributed by atoms with Gasteiger partial charge in [-0.3, -0.25) is 0 Å². The number of nitrogens with zero attached hydrogens (tertiary/aromatic N) is 2. The zero-order valence-electron chi connectivity index (χ0n) is 9.14. The van der Waals surface area contributed by atoms with Crippen LogP contribution in [0.4, 0.5) is 0 Å². The first-order valence-corrected chi connectivity index (χ1v) is 6.06. The van der Waals surface area contributed by atoms with Gasteiger partial charge in [-0.2, -0.15) is 0 Å². The summed E-state index contributed by atoms with van der Waals surface area (Å²) in [6.45, 7) is 0.327. The van der Waals surface area contributed by atoms with E-state index in [0.717, 1.165) is 0 Å². The van der Waals surface area contributed by atoms with E-state index in [1.165, 1.54) is 6.07 Å². The van der Waals surface area contributed by atoms with Gasteiger partial charge in [-0.25, -0.2) is 9.97 Å². The number of hydrogen-bond donors (Lipinski definition) is 0. The maximum absolute atomic E-state index is 5.84. The second-order valence-corrected chi connectivity index (χ2v) is 4.51. The molecular formula is C12H8Cl2N2O2.